The Morgan fingerprint density at radius 3 is 2.36 bits per heavy atom. The van der Waals surface area contributed by atoms with E-state index in [9.17, 15) is 0 Å². The minimum absolute atomic E-state index is 0.342. The Hall–Kier alpha value is -1.81. The van der Waals surface area contributed by atoms with Crippen LogP contribution >= 0.6 is 34.8 Å². The first-order chi connectivity index (χ1) is 10.6. The van der Waals surface area contributed by atoms with Gasteiger partial charge < -0.3 is 5.32 Å². The van der Waals surface area contributed by atoms with Crippen molar-refractivity contribution in [2.75, 3.05) is 5.32 Å². The van der Waals surface area contributed by atoms with Gasteiger partial charge in [-0.3, -0.25) is 0 Å². The highest BCUT2D eigenvalue weighted by atomic mass is 35.5. The molecule has 1 aromatic heterocycles. The molecule has 3 nitrogen and oxygen atoms in total. The van der Waals surface area contributed by atoms with Gasteiger partial charge in [0.25, 0.3) is 0 Å². The Kier molecular flexibility index (Phi) is 4.48. The monoisotopic (exact) mass is 349 g/mol. The van der Waals surface area contributed by atoms with E-state index in [0.717, 1.165) is 5.56 Å². The van der Waals surface area contributed by atoms with E-state index in [2.05, 4.69) is 15.3 Å². The van der Waals surface area contributed by atoms with Gasteiger partial charge in [0.05, 0.1) is 10.7 Å². The molecule has 0 amide bonds. The van der Waals surface area contributed by atoms with E-state index < -0.39 is 0 Å². The molecule has 0 aliphatic rings. The van der Waals surface area contributed by atoms with Crippen LogP contribution in [0.4, 0.5) is 11.5 Å². The minimum atomic E-state index is 0.342. The Labute approximate surface area is 142 Å². The van der Waals surface area contributed by atoms with Crippen LogP contribution < -0.4 is 5.32 Å². The van der Waals surface area contributed by atoms with Crippen LogP contribution in [0.3, 0.4) is 0 Å². The van der Waals surface area contributed by atoms with Crippen molar-refractivity contribution in [2.45, 2.75) is 0 Å². The fourth-order valence-electron chi connectivity index (χ4n) is 1.93. The molecule has 0 saturated heterocycles. The predicted molar refractivity (Wildman–Crippen MR) is 92.2 cm³/mol. The highest BCUT2D eigenvalue weighted by Crippen LogP contribution is 2.29. The Morgan fingerprint density at radius 2 is 1.59 bits per heavy atom. The molecule has 0 bridgehead atoms. The number of nitrogens with zero attached hydrogens (tertiary/aromatic N) is 2. The maximum atomic E-state index is 6.15. The lowest BCUT2D eigenvalue weighted by Crippen LogP contribution is -1.98. The number of hydrogen-bond donors (Lipinski definition) is 1. The summed E-state index contributed by atoms with van der Waals surface area (Å²) in [6, 6.07) is 16.4. The molecular weight excluding hydrogens is 341 g/mol. The lowest BCUT2D eigenvalue weighted by atomic mass is 10.2. The number of aromatic nitrogens is 2. The van der Waals surface area contributed by atoms with Crippen molar-refractivity contribution >= 4 is 46.3 Å². The third-order valence-electron chi connectivity index (χ3n) is 2.92. The zero-order valence-electron chi connectivity index (χ0n) is 11.2. The Bertz CT molecular complexity index is 807. The number of benzene rings is 2. The summed E-state index contributed by atoms with van der Waals surface area (Å²) in [5.74, 6) is 1.08. The van der Waals surface area contributed by atoms with E-state index in [0.29, 0.717) is 32.5 Å². The van der Waals surface area contributed by atoms with Crippen LogP contribution in [0.25, 0.3) is 11.4 Å². The van der Waals surface area contributed by atoms with E-state index in [-0.39, 0.29) is 0 Å². The molecule has 1 heterocycles. The highest BCUT2D eigenvalue weighted by Gasteiger charge is 2.08. The molecule has 3 aromatic rings. The molecule has 110 valence electrons. The third kappa shape index (κ3) is 3.50. The van der Waals surface area contributed by atoms with Crippen LogP contribution in [0, 0.1) is 0 Å². The zero-order chi connectivity index (χ0) is 15.5. The summed E-state index contributed by atoms with van der Waals surface area (Å²) in [6.07, 6.45) is 0. The molecule has 0 spiro atoms. The molecule has 0 aliphatic heterocycles. The second kappa shape index (κ2) is 6.53. The average Bonchev–Trinajstić information content (AvgIpc) is 2.51. The van der Waals surface area contributed by atoms with Crippen LogP contribution in [0.15, 0.2) is 54.6 Å². The Morgan fingerprint density at radius 1 is 0.818 bits per heavy atom. The van der Waals surface area contributed by atoms with Crippen molar-refractivity contribution < 1.29 is 0 Å². The molecule has 0 fully saturated rings. The van der Waals surface area contributed by atoms with E-state index in [1.165, 1.54) is 0 Å². The van der Waals surface area contributed by atoms with Crippen LogP contribution in [0.5, 0.6) is 0 Å². The van der Waals surface area contributed by atoms with E-state index in [1.807, 2.05) is 30.3 Å². The number of anilines is 2. The number of hydrogen-bond acceptors (Lipinski definition) is 3. The standard InChI is InChI=1S/C16H10Cl3N3/c17-11-6-7-12(18)13(8-11)20-15-9-14(19)21-16(22-15)10-4-2-1-3-5-10/h1-9H,(H,20,21,22). The van der Waals surface area contributed by atoms with E-state index in [1.54, 1.807) is 24.3 Å². The summed E-state index contributed by atoms with van der Waals surface area (Å²) in [6.45, 7) is 0. The molecule has 6 heteroatoms. The lowest BCUT2D eigenvalue weighted by molar-refractivity contribution is 1.17. The van der Waals surface area contributed by atoms with Crippen molar-refractivity contribution in [3.8, 4) is 11.4 Å². The SMILES string of the molecule is Clc1ccc(Cl)c(Nc2cc(Cl)nc(-c3ccccc3)n2)c1. The molecule has 0 unspecified atom stereocenters. The summed E-state index contributed by atoms with van der Waals surface area (Å²) in [4.78, 5) is 8.70. The van der Waals surface area contributed by atoms with Crippen LogP contribution in [0.1, 0.15) is 0 Å². The summed E-state index contributed by atoms with van der Waals surface area (Å²) < 4.78 is 0. The van der Waals surface area contributed by atoms with Gasteiger partial charge in [-0.05, 0) is 18.2 Å². The van der Waals surface area contributed by atoms with E-state index >= 15 is 0 Å². The molecular formula is C16H10Cl3N3. The van der Waals surface area contributed by atoms with Crippen LogP contribution in [0.2, 0.25) is 15.2 Å². The lowest BCUT2D eigenvalue weighted by Gasteiger charge is -2.10. The molecule has 0 radical (unpaired) electrons. The summed E-state index contributed by atoms with van der Waals surface area (Å²) in [5.41, 5.74) is 1.54. The zero-order valence-corrected chi connectivity index (χ0v) is 13.5. The number of rotatable bonds is 3. The second-order valence-corrected chi connectivity index (χ2v) is 5.75. The van der Waals surface area contributed by atoms with Gasteiger partial charge in [-0.2, -0.15) is 0 Å². The van der Waals surface area contributed by atoms with Gasteiger partial charge in [-0.15, -0.1) is 0 Å². The fourth-order valence-corrected chi connectivity index (χ4v) is 2.45. The van der Waals surface area contributed by atoms with Gasteiger partial charge in [0.2, 0.25) is 0 Å². The number of nitrogens with one attached hydrogen (secondary N) is 1. The molecule has 22 heavy (non-hydrogen) atoms. The van der Waals surface area contributed by atoms with Crippen LogP contribution in [-0.4, -0.2) is 9.97 Å². The third-order valence-corrected chi connectivity index (χ3v) is 3.68. The second-order valence-electron chi connectivity index (χ2n) is 4.51. The first kappa shape index (κ1) is 15.1. The first-order valence-electron chi connectivity index (χ1n) is 6.44. The summed E-state index contributed by atoms with van der Waals surface area (Å²) in [5, 5.41) is 4.58. The molecule has 0 aliphatic carbocycles. The van der Waals surface area contributed by atoms with Gasteiger partial charge in [0, 0.05) is 16.7 Å². The maximum absolute atomic E-state index is 6.15. The van der Waals surface area contributed by atoms with Gasteiger partial charge in [-0.1, -0.05) is 65.1 Å². The number of halogens is 3. The first-order valence-corrected chi connectivity index (χ1v) is 7.57. The summed E-state index contributed by atoms with van der Waals surface area (Å²) in [7, 11) is 0. The van der Waals surface area contributed by atoms with Crippen LogP contribution in [-0.2, 0) is 0 Å². The molecule has 3 rings (SSSR count). The van der Waals surface area contributed by atoms with Gasteiger partial charge >= 0.3 is 0 Å². The molecule has 0 saturated carbocycles. The van der Waals surface area contributed by atoms with Crippen molar-refractivity contribution in [1.82, 2.24) is 9.97 Å². The largest absolute Gasteiger partial charge is 0.339 e. The average molecular weight is 351 g/mol. The topological polar surface area (TPSA) is 37.8 Å². The van der Waals surface area contributed by atoms with Crippen molar-refractivity contribution in [3.05, 3.63) is 69.8 Å². The highest BCUT2D eigenvalue weighted by molar-refractivity contribution is 6.35. The molecule has 2 aromatic carbocycles. The van der Waals surface area contributed by atoms with Crippen molar-refractivity contribution in [2.24, 2.45) is 0 Å². The van der Waals surface area contributed by atoms with E-state index in [4.69, 9.17) is 34.8 Å². The smallest absolute Gasteiger partial charge is 0.163 e. The quantitative estimate of drug-likeness (QED) is 0.602. The van der Waals surface area contributed by atoms with Gasteiger partial charge in [0.1, 0.15) is 11.0 Å². The maximum Gasteiger partial charge on any atom is 0.163 e. The van der Waals surface area contributed by atoms with Crippen molar-refractivity contribution in [1.29, 1.82) is 0 Å². The molecule has 1 N–H and O–H groups in total. The fraction of sp³-hybridized carbons (Fsp3) is 0. The normalized spacial score (nSPS) is 10.5. The van der Waals surface area contributed by atoms with Crippen molar-refractivity contribution in [3.63, 3.8) is 0 Å². The van der Waals surface area contributed by atoms with Gasteiger partial charge in [0.15, 0.2) is 5.82 Å². The predicted octanol–water partition coefficient (Wildman–Crippen LogP) is 5.85. The minimum Gasteiger partial charge on any atom is -0.339 e. The summed E-state index contributed by atoms with van der Waals surface area (Å²) >= 11 is 18.2. The molecule has 0 atom stereocenters. The Balaban J connectivity index is 1.98. The van der Waals surface area contributed by atoms with Gasteiger partial charge in [-0.25, -0.2) is 9.97 Å².